The standard InChI is InChI=1S/C14H9BrN2OS/c15-11-5-4-10(8-16)13(7-11)17-14(18)9-2-1-3-12(19)6-9/h1-7,19H,(H,17,18). The minimum atomic E-state index is -0.273. The Morgan fingerprint density at radius 2 is 2.05 bits per heavy atom. The van der Waals surface area contributed by atoms with E-state index in [0.717, 1.165) is 4.47 Å². The maximum atomic E-state index is 12.1. The molecule has 1 N–H and O–H groups in total. The van der Waals surface area contributed by atoms with Crippen LogP contribution >= 0.6 is 28.6 Å². The van der Waals surface area contributed by atoms with Gasteiger partial charge in [-0.2, -0.15) is 5.26 Å². The molecule has 5 heteroatoms. The minimum absolute atomic E-state index is 0.273. The molecule has 0 heterocycles. The van der Waals surface area contributed by atoms with Crippen LogP contribution in [0.2, 0.25) is 0 Å². The highest BCUT2D eigenvalue weighted by Crippen LogP contribution is 2.21. The van der Waals surface area contributed by atoms with Crippen LogP contribution in [-0.4, -0.2) is 5.91 Å². The number of nitrogens with one attached hydrogen (secondary N) is 1. The lowest BCUT2D eigenvalue weighted by Gasteiger charge is -2.08. The number of rotatable bonds is 2. The molecule has 0 atom stereocenters. The third-order valence-corrected chi connectivity index (χ3v) is 3.23. The Hall–Kier alpha value is -1.77. The van der Waals surface area contributed by atoms with Crippen LogP contribution in [0, 0.1) is 11.3 Å². The largest absolute Gasteiger partial charge is 0.321 e. The zero-order chi connectivity index (χ0) is 13.8. The van der Waals surface area contributed by atoms with Gasteiger partial charge in [0.1, 0.15) is 6.07 Å². The number of hydrogen-bond donors (Lipinski definition) is 2. The number of carbonyl (C=O) groups is 1. The Morgan fingerprint density at radius 1 is 1.26 bits per heavy atom. The molecule has 0 unspecified atom stereocenters. The first-order chi connectivity index (χ1) is 9.10. The number of hydrogen-bond acceptors (Lipinski definition) is 3. The highest BCUT2D eigenvalue weighted by Gasteiger charge is 2.09. The zero-order valence-electron chi connectivity index (χ0n) is 9.72. The predicted octanol–water partition coefficient (Wildman–Crippen LogP) is 3.86. The summed E-state index contributed by atoms with van der Waals surface area (Å²) in [6.45, 7) is 0. The highest BCUT2D eigenvalue weighted by molar-refractivity contribution is 9.10. The molecule has 0 saturated heterocycles. The summed E-state index contributed by atoms with van der Waals surface area (Å²) in [6.07, 6.45) is 0. The van der Waals surface area contributed by atoms with Gasteiger partial charge in [-0.25, -0.2) is 0 Å². The molecule has 1 amide bonds. The lowest BCUT2D eigenvalue weighted by molar-refractivity contribution is 0.102. The van der Waals surface area contributed by atoms with Crippen molar-refractivity contribution >= 4 is 40.2 Å². The molecular formula is C14H9BrN2OS. The molecule has 0 radical (unpaired) electrons. The molecule has 2 aromatic rings. The molecule has 19 heavy (non-hydrogen) atoms. The molecular weight excluding hydrogens is 324 g/mol. The fourth-order valence-corrected chi connectivity index (χ4v) is 2.15. The fraction of sp³-hybridized carbons (Fsp3) is 0. The molecule has 0 bridgehead atoms. The van der Waals surface area contributed by atoms with Gasteiger partial charge in [-0.1, -0.05) is 22.0 Å². The summed E-state index contributed by atoms with van der Waals surface area (Å²) in [4.78, 5) is 12.8. The summed E-state index contributed by atoms with van der Waals surface area (Å²) in [5.41, 5.74) is 1.39. The Kier molecular flexibility index (Phi) is 4.25. The zero-order valence-corrected chi connectivity index (χ0v) is 12.2. The van der Waals surface area contributed by atoms with E-state index in [1.54, 1.807) is 42.5 Å². The molecule has 0 aromatic heterocycles. The number of anilines is 1. The van der Waals surface area contributed by atoms with E-state index in [0.29, 0.717) is 21.7 Å². The predicted molar refractivity (Wildman–Crippen MR) is 80.5 cm³/mol. The fourth-order valence-electron chi connectivity index (χ4n) is 1.56. The van der Waals surface area contributed by atoms with E-state index in [1.165, 1.54) is 0 Å². The van der Waals surface area contributed by atoms with Gasteiger partial charge in [-0.3, -0.25) is 4.79 Å². The van der Waals surface area contributed by atoms with Crippen LogP contribution in [0.3, 0.4) is 0 Å². The van der Waals surface area contributed by atoms with Crippen molar-refractivity contribution in [2.75, 3.05) is 5.32 Å². The van der Waals surface area contributed by atoms with Gasteiger partial charge >= 0.3 is 0 Å². The monoisotopic (exact) mass is 332 g/mol. The van der Waals surface area contributed by atoms with E-state index >= 15 is 0 Å². The van der Waals surface area contributed by atoms with Crippen molar-refractivity contribution in [3.63, 3.8) is 0 Å². The second-order valence-corrected chi connectivity index (χ2v) is 5.24. The Balaban J connectivity index is 2.29. The van der Waals surface area contributed by atoms with E-state index in [9.17, 15) is 4.79 Å². The van der Waals surface area contributed by atoms with E-state index in [2.05, 4.69) is 33.9 Å². The number of amides is 1. The summed E-state index contributed by atoms with van der Waals surface area (Å²) < 4.78 is 0.796. The third kappa shape index (κ3) is 3.37. The molecule has 0 aliphatic heterocycles. The first-order valence-corrected chi connectivity index (χ1v) is 6.64. The van der Waals surface area contributed by atoms with Gasteiger partial charge in [0.15, 0.2) is 0 Å². The van der Waals surface area contributed by atoms with Crippen LogP contribution in [0.4, 0.5) is 5.69 Å². The van der Waals surface area contributed by atoms with Crippen molar-refractivity contribution in [3.05, 3.63) is 58.1 Å². The van der Waals surface area contributed by atoms with E-state index in [-0.39, 0.29) is 5.91 Å². The summed E-state index contributed by atoms with van der Waals surface area (Å²) in [5.74, 6) is -0.273. The average Bonchev–Trinajstić information content (AvgIpc) is 2.39. The molecule has 2 aromatic carbocycles. The Bertz CT molecular complexity index is 679. The van der Waals surface area contributed by atoms with E-state index < -0.39 is 0 Å². The second kappa shape index (κ2) is 5.91. The van der Waals surface area contributed by atoms with Crippen molar-refractivity contribution in [3.8, 4) is 6.07 Å². The maximum absolute atomic E-state index is 12.1. The van der Waals surface area contributed by atoms with Crippen molar-refractivity contribution < 1.29 is 4.79 Å². The van der Waals surface area contributed by atoms with Gasteiger partial charge in [0.05, 0.1) is 11.3 Å². The molecule has 94 valence electrons. The van der Waals surface area contributed by atoms with Gasteiger partial charge in [0.2, 0.25) is 0 Å². The lowest BCUT2D eigenvalue weighted by Crippen LogP contribution is -2.12. The molecule has 0 fully saturated rings. The molecule has 3 nitrogen and oxygen atoms in total. The van der Waals surface area contributed by atoms with Gasteiger partial charge in [0.25, 0.3) is 5.91 Å². The number of nitrogens with zero attached hydrogens (tertiary/aromatic N) is 1. The normalized spacial score (nSPS) is 9.74. The van der Waals surface area contributed by atoms with Crippen molar-refractivity contribution in [2.24, 2.45) is 0 Å². The first kappa shape index (κ1) is 13.7. The average molecular weight is 333 g/mol. The lowest BCUT2D eigenvalue weighted by atomic mass is 10.1. The van der Waals surface area contributed by atoms with E-state index in [1.807, 2.05) is 6.07 Å². The summed E-state index contributed by atoms with van der Waals surface area (Å²) in [5, 5.41) is 11.7. The van der Waals surface area contributed by atoms with Crippen LogP contribution in [0.15, 0.2) is 51.8 Å². The van der Waals surface area contributed by atoms with Gasteiger partial charge in [0, 0.05) is 14.9 Å². The van der Waals surface area contributed by atoms with Gasteiger partial charge < -0.3 is 5.32 Å². The molecule has 0 spiro atoms. The number of halogens is 1. The summed E-state index contributed by atoms with van der Waals surface area (Å²) in [6, 6.07) is 14.0. The second-order valence-electron chi connectivity index (χ2n) is 3.81. The van der Waals surface area contributed by atoms with Gasteiger partial charge in [-0.15, -0.1) is 12.6 Å². The third-order valence-electron chi connectivity index (χ3n) is 2.46. The highest BCUT2D eigenvalue weighted by atomic mass is 79.9. The van der Waals surface area contributed by atoms with Crippen LogP contribution in [0.25, 0.3) is 0 Å². The smallest absolute Gasteiger partial charge is 0.255 e. The van der Waals surface area contributed by atoms with Gasteiger partial charge in [-0.05, 0) is 36.4 Å². The Labute approximate surface area is 124 Å². The van der Waals surface area contributed by atoms with Crippen LogP contribution in [0.5, 0.6) is 0 Å². The Morgan fingerprint density at radius 3 is 2.74 bits per heavy atom. The van der Waals surface area contributed by atoms with E-state index in [4.69, 9.17) is 5.26 Å². The summed E-state index contributed by atoms with van der Waals surface area (Å²) in [7, 11) is 0. The maximum Gasteiger partial charge on any atom is 0.255 e. The van der Waals surface area contributed by atoms with Crippen LogP contribution < -0.4 is 5.32 Å². The SMILES string of the molecule is N#Cc1ccc(Br)cc1NC(=O)c1cccc(S)c1. The van der Waals surface area contributed by atoms with Crippen molar-refractivity contribution in [2.45, 2.75) is 4.90 Å². The molecule has 2 rings (SSSR count). The van der Waals surface area contributed by atoms with Crippen molar-refractivity contribution in [1.82, 2.24) is 0 Å². The van der Waals surface area contributed by atoms with Crippen LogP contribution in [0.1, 0.15) is 15.9 Å². The van der Waals surface area contributed by atoms with Crippen molar-refractivity contribution in [1.29, 1.82) is 5.26 Å². The van der Waals surface area contributed by atoms with Crippen LogP contribution in [-0.2, 0) is 0 Å². The quantitative estimate of drug-likeness (QED) is 0.820. The first-order valence-electron chi connectivity index (χ1n) is 5.40. The number of nitriles is 1. The molecule has 0 aliphatic carbocycles. The minimum Gasteiger partial charge on any atom is -0.321 e. The number of benzene rings is 2. The number of thiol groups is 1. The topological polar surface area (TPSA) is 52.9 Å². The molecule has 0 aliphatic rings. The molecule has 0 saturated carbocycles. The number of carbonyl (C=O) groups excluding carboxylic acids is 1. The summed E-state index contributed by atoms with van der Waals surface area (Å²) >= 11 is 7.50.